The molecule has 0 amide bonds. The molecule has 1 aromatic heterocycles. The number of hydrogen-bond acceptors (Lipinski definition) is 5. The highest BCUT2D eigenvalue weighted by Gasteiger charge is 2.14. The number of nitrogens with two attached hydrogens (primary N) is 1. The first-order chi connectivity index (χ1) is 7.44. The summed E-state index contributed by atoms with van der Waals surface area (Å²) in [5.41, 5.74) is 3.53. The van der Waals surface area contributed by atoms with Gasteiger partial charge < -0.3 is 10.2 Å². The van der Waals surface area contributed by atoms with Gasteiger partial charge in [0.1, 0.15) is 11.6 Å². The molecule has 0 radical (unpaired) electrons. The second-order valence-electron chi connectivity index (χ2n) is 4.98. The number of nitrogen functional groups attached to an aromatic ring is 1. The normalized spacial score (nSPS) is 11.6. The largest absolute Gasteiger partial charge is 0.378 e. The van der Waals surface area contributed by atoms with Crippen LogP contribution in [0.3, 0.4) is 0 Å². The van der Waals surface area contributed by atoms with Crippen LogP contribution < -0.4 is 11.3 Å². The van der Waals surface area contributed by atoms with E-state index in [2.05, 4.69) is 36.2 Å². The zero-order valence-corrected chi connectivity index (χ0v) is 10.4. The summed E-state index contributed by atoms with van der Waals surface area (Å²) in [5, 5.41) is 0. The Labute approximate surface area is 96.4 Å². The summed E-state index contributed by atoms with van der Waals surface area (Å²) in [7, 11) is 1.64. The lowest BCUT2D eigenvalue weighted by Crippen LogP contribution is -2.16. The van der Waals surface area contributed by atoms with Gasteiger partial charge >= 0.3 is 0 Å². The van der Waals surface area contributed by atoms with Gasteiger partial charge in [0.05, 0.1) is 12.3 Å². The number of aromatic nitrogens is 2. The molecule has 0 bridgehead atoms. The highest BCUT2D eigenvalue weighted by Crippen LogP contribution is 2.19. The summed E-state index contributed by atoms with van der Waals surface area (Å²) in [5.74, 6) is 6.78. The van der Waals surface area contributed by atoms with Gasteiger partial charge in [-0.15, -0.1) is 0 Å². The maximum absolute atomic E-state index is 5.37. The van der Waals surface area contributed by atoms with E-state index in [1.165, 1.54) is 0 Å². The van der Waals surface area contributed by atoms with Crippen LogP contribution in [0, 0.1) is 5.41 Å². The third-order valence-electron chi connectivity index (χ3n) is 1.95. The summed E-state index contributed by atoms with van der Waals surface area (Å²) in [6, 6.07) is 1.79. The molecule has 1 heterocycles. The summed E-state index contributed by atoms with van der Waals surface area (Å²) in [6.07, 6.45) is 0.805. The molecule has 16 heavy (non-hydrogen) atoms. The van der Waals surface area contributed by atoms with Crippen molar-refractivity contribution in [2.45, 2.75) is 33.8 Å². The molecule has 0 fully saturated rings. The van der Waals surface area contributed by atoms with Crippen molar-refractivity contribution < 1.29 is 4.74 Å². The fourth-order valence-electron chi connectivity index (χ4n) is 1.40. The maximum atomic E-state index is 5.37. The van der Waals surface area contributed by atoms with Gasteiger partial charge in [0, 0.05) is 19.6 Å². The smallest absolute Gasteiger partial charge is 0.144 e. The van der Waals surface area contributed by atoms with Crippen molar-refractivity contribution in [1.29, 1.82) is 0 Å². The molecular formula is C11H20N4O. The quantitative estimate of drug-likeness (QED) is 0.599. The molecule has 0 spiro atoms. The molecule has 1 aromatic rings. The lowest BCUT2D eigenvalue weighted by atomic mass is 9.92. The van der Waals surface area contributed by atoms with Gasteiger partial charge in [0.2, 0.25) is 0 Å². The Balaban J connectivity index is 2.95. The van der Waals surface area contributed by atoms with Crippen molar-refractivity contribution in [3.05, 3.63) is 17.6 Å². The minimum Gasteiger partial charge on any atom is -0.378 e. The van der Waals surface area contributed by atoms with Crippen molar-refractivity contribution in [3.63, 3.8) is 0 Å². The van der Waals surface area contributed by atoms with Gasteiger partial charge in [-0.05, 0) is 5.41 Å². The average Bonchev–Trinajstić information content (AvgIpc) is 2.15. The number of nitrogens with one attached hydrogen (secondary N) is 1. The number of anilines is 1. The van der Waals surface area contributed by atoms with E-state index in [4.69, 9.17) is 10.6 Å². The van der Waals surface area contributed by atoms with Gasteiger partial charge in [-0.25, -0.2) is 15.8 Å². The molecule has 0 aromatic carbocycles. The van der Waals surface area contributed by atoms with Crippen LogP contribution in [-0.4, -0.2) is 17.1 Å². The van der Waals surface area contributed by atoms with Crippen LogP contribution in [0.25, 0.3) is 0 Å². The Morgan fingerprint density at radius 3 is 2.56 bits per heavy atom. The Kier molecular flexibility index (Phi) is 4.20. The van der Waals surface area contributed by atoms with Gasteiger partial charge in [-0.3, -0.25) is 0 Å². The average molecular weight is 224 g/mol. The minimum absolute atomic E-state index is 0.150. The van der Waals surface area contributed by atoms with Crippen LogP contribution in [0.5, 0.6) is 0 Å². The maximum Gasteiger partial charge on any atom is 0.144 e. The van der Waals surface area contributed by atoms with E-state index in [1.54, 1.807) is 13.2 Å². The first-order valence-electron chi connectivity index (χ1n) is 5.27. The standard InChI is InChI=1S/C11H20N4O/c1-11(2,3)6-10-13-8(7-16-4)5-9(14-10)15-12/h5H,6-7,12H2,1-4H3,(H,13,14,15). The molecule has 0 unspecified atom stereocenters. The molecule has 0 saturated carbocycles. The van der Waals surface area contributed by atoms with Crippen molar-refractivity contribution in [3.8, 4) is 0 Å². The topological polar surface area (TPSA) is 73.1 Å². The summed E-state index contributed by atoms with van der Waals surface area (Å²) in [6.45, 7) is 6.91. The van der Waals surface area contributed by atoms with Crippen molar-refractivity contribution >= 4 is 5.82 Å². The van der Waals surface area contributed by atoms with Gasteiger partial charge in [-0.1, -0.05) is 20.8 Å². The molecule has 3 N–H and O–H groups in total. The van der Waals surface area contributed by atoms with Crippen molar-refractivity contribution in [2.24, 2.45) is 11.3 Å². The zero-order chi connectivity index (χ0) is 12.2. The first-order valence-corrected chi connectivity index (χ1v) is 5.27. The molecule has 0 aliphatic heterocycles. The highest BCUT2D eigenvalue weighted by molar-refractivity contribution is 5.34. The Hall–Kier alpha value is -1.20. The molecule has 0 atom stereocenters. The molecule has 5 heteroatoms. The second kappa shape index (κ2) is 5.23. The molecule has 5 nitrogen and oxygen atoms in total. The fraction of sp³-hybridized carbons (Fsp3) is 0.636. The number of nitrogens with zero attached hydrogens (tertiary/aromatic N) is 2. The van der Waals surface area contributed by atoms with Crippen molar-refractivity contribution in [1.82, 2.24) is 9.97 Å². The van der Waals surface area contributed by atoms with E-state index >= 15 is 0 Å². The Morgan fingerprint density at radius 2 is 2.06 bits per heavy atom. The third-order valence-corrected chi connectivity index (χ3v) is 1.95. The van der Waals surface area contributed by atoms with E-state index in [1.807, 2.05) is 0 Å². The highest BCUT2D eigenvalue weighted by atomic mass is 16.5. The molecule has 1 rings (SSSR count). The molecular weight excluding hydrogens is 204 g/mol. The van der Waals surface area contributed by atoms with E-state index in [0.29, 0.717) is 12.4 Å². The van der Waals surface area contributed by atoms with E-state index in [9.17, 15) is 0 Å². The molecule has 0 saturated heterocycles. The number of methoxy groups -OCH3 is 1. The van der Waals surface area contributed by atoms with Crippen LogP contribution in [0.4, 0.5) is 5.82 Å². The summed E-state index contributed by atoms with van der Waals surface area (Å²) >= 11 is 0. The third kappa shape index (κ3) is 4.12. The van der Waals surface area contributed by atoms with Crippen LogP contribution >= 0.6 is 0 Å². The lowest BCUT2D eigenvalue weighted by Gasteiger charge is -2.17. The van der Waals surface area contributed by atoms with Gasteiger partial charge in [-0.2, -0.15) is 0 Å². The van der Waals surface area contributed by atoms with E-state index in [-0.39, 0.29) is 5.41 Å². The van der Waals surface area contributed by atoms with Crippen LogP contribution in [-0.2, 0) is 17.8 Å². The number of hydrogen-bond donors (Lipinski definition) is 2. The van der Waals surface area contributed by atoms with Crippen LogP contribution in [0.1, 0.15) is 32.3 Å². The predicted octanol–water partition coefficient (Wildman–Crippen LogP) is 1.50. The summed E-state index contributed by atoms with van der Waals surface area (Å²) < 4.78 is 5.05. The zero-order valence-electron chi connectivity index (χ0n) is 10.4. The first kappa shape index (κ1) is 12.9. The summed E-state index contributed by atoms with van der Waals surface area (Å²) in [4.78, 5) is 8.74. The predicted molar refractivity (Wildman–Crippen MR) is 63.7 cm³/mol. The minimum atomic E-state index is 0.150. The van der Waals surface area contributed by atoms with Gasteiger partial charge in [0.25, 0.3) is 0 Å². The molecule has 0 aliphatic rings. The number of hydrazine groups is 1. The van der Waals surface area contributed by atoms with E-state index in [0.717, 1.165) is 17.9 Å². The Morgan fingerprint density at radius 1 is 1.38 bits per heavy atom. The van der Waals surface area contributed by atoms with Crippen molar-refractivity contribution in [2.75, 3.05) is 12.5 Å². The van der Waals surface area contributed by atoms with Crippen LogP contribution in [0.2, 0.25) is 0 Å². The number of ether oxygens (including phenoxy) is 1. The fourth-order valence-corrected chi connectivity index (χ4v) is 1.40. The van der Waals surface area contributed by atoms with Gasteiger partial charge in [0.15, 0.2) is 0 Å². The number of rotatable bonds is 4. The van der Waals surface area contributed by atoms with Crippen LogP contribution in [0.15, 0.2) is 6.07 Å². The second-order valence-corrected chi connectivity index (χ2v) is 4.98. The molecule has 90 valence electrons. The lowest BCUT2D eigenvalue weighted by molar-refractivity contribution is 0.181. The monoisotopic (exact) mass is 224 g/mol. The SMILES string of the molecule is COCc1cc(NN)nc(CC(C)(C)C)n1. The van der Waals surface area contributed by atoms with E-state index < -0.39 is 0 Å². The molecule has 0 aliphatic carbocycles. The Bertz CT molecular complexity index is 346.